The number of aromatic carboxylic acids is 1. The fraction of sp³-hybridized carbons (Fsp3) is 0.455. The van der Waals surface area contributed by atoms with Gasteiger partial charge in [-0.2, -0.15) is 0 Å². The van der Waals surface area contributed by atoms with Gasteiger partial charge in [-0.05, 0) is 37.3 Å². The first-order valence-electron chi connectivity index (χ1n) is 9.68. The molecule has 2 heterocycles. The van der Waals surface area contributed by atoms with Gasteiger partial charge in [-0.3, -0.25) is 14.8 Å². The van der Waals surface area contributed by atoms with Crippen molar-refractivity contribution in [2.24, 2.45) is 11.3 Å². The van der Waals surface area contributed by atoms with Gasteiger partial charge in [0.1, 0.15) is 0 Å². The number of carbonyl (C=O) groups is 2. The van der Waals surface area contributed by atoms with Gasteiger partial charge in [-0.25, -0.2) is 4.79 Å². The van der Waals surface area contributed by atoms with E-state index in [1.165, 1.54) is 0 Å². The van der Waals surface area contributed by atoms with Crippen molar-refractivity contribution in [1.29, 1.82) is 0 Å². The molecule has 3 rings (SSSR count). The molecule has 148 valence electrons. The van der Waals surface area contributed by atoms with Crippen LogP contribution in [-0.2, 0) is 11.2 Å². The summed E-state index contributed by atoms with van der Waals surface area (Å²) in [5.74, 6) is -0.273. The molecule has 1 fully saturated rings. The lowest BCUT2D eigenvalue weighted by Crippen LogP contribution is -2.44. The zero-order valence-electron chi connectivity index (χ0n) is 16.7. The molecule has 0 saturated carbocycles. The molecule has 28 heavy (non-hydrogen) atoms. The third-order valence-corrected chi connectivity index (χ3v) is 5.20. The van der Waals surface area contributed by atoms with Crippen molar-refractivity contribution in [2.45, 2.75) is 40.0 Å². The minimum Gasteiger partial charge on any atom is -0.478 e. The SMILES string of the molecule is CC(C)(C)C(=O)N1CCC(Cc2nccnc2-c2ccc(C(=O)O)cc2)CC1. The summed E-state index contributed by atoms with van der Waals surface area (Å²) < 4.78 is 0. The van der Waals surface area contributed by atoms with Gasteiger partial charge in [-0.1, -0.05) is 32.9 Å². The Kier molecular flexibility index (Phi) is 5.77. The normalized spacial score (nSPS) is 15.5. The van der Waals surface area contributed by atoms with E-state index in [-0.39, 0.29) is 16.9 Å². The minimum absolute atomic E-state index is 0.213. The highest BCUT2D eigenvalue weighted by atomic mass is 16.4. The highest BCUT2D eigenvalue weighted by Crippen LogP contribution is 2.28. The number of likely N-dealkylation sites (tertiary alicyclic amines) is 1. The molecule has 1 aliphatic rings. The van der Waals surface area contributed by atoms with Crippen LogP contribution in [-0.4, -0.2) is 44.9 Å². The zero-order valence-corrected chi connectivity index (χ0v) is 16.7. The maximum absolute atomic E-state index is 12.5. The number of carboxylic acid groups (broad SMARTS) is 1. The van der Waals surface area contributed by atoms with Crippen molar-refractivity contribution in [3.63, 3.8) is 0 Å². The third-order valence-electron chi connectivity index (χ3n) is 5.20. The van der Waals surface area contributed by atoms with Gasteiger partial charge in [0.25, 0.3) is 0 Å². The monoisotopic (exact) mass is 381 g/mol. The number of amides is 1. The van der Waals surface area contributed by atoms with Crippen LogP contribution in [0.15, 0.2) is 36.7 Å². The predicted molar refractivity (Wildman–Crippen MR) is 107 cm³/mol. The predicted octanol–water partition coefficient (Wildman–Crippen LogP) is 3.67. The standard InChI is InChI=1S/C22H27N3O3/c1-22(2,3)21(28)25-12-8-15(9-13-25)14-18-19(24-11-10-23-18)16-4-6-17(7-5-16)20(26)27/h4-7,10-11,15H,8-9,12-14H2,1-3H3,(H,26,27). The Morgan fingerprint density at radius 2 is 1.68 bits per heavy atom. The molecule has 0 bridgehead atoms. The number of nitrogens with zero attached hydrogens (tertiary/aromatic N) is 3. The van der Waals surface area contributed by atoms with Crippen LogP contribution in [0.4, 0.5) is 0 Å². The fourth-order valence-corrected chi connectivity index (χ4v) is 3.62. The van der Waals surface area contributed by atoms with E-state index in [1.54, 1.807) is 36.7 Å². The van der Waals surface area contributed by atoms with E-state index in [2.05, 4.69) is 9.97 Å². The number of aromatic nitrogens is 2. The highest BCUT2D eigenvalue weighted by molar-refractivity contribution is 5.88. The maximum Gasteiger partial charge on any atom is 0.335 e. The summed E-state index contributed by atoms with van der Waals surface area (Å²) in [7, 11) is 0. The molecule has 2 aromatic rings. The molecule has 1 saturated heterocycles. The van der Waals surface area contributed by atoms with E-state index in [0.29, 0.717) is 5.92 Å². The van der Waals surface area contributed by atoms with E-state index < -0.39 is 5.97 Å². The first-order valence-corrected chi connectivity index (χ1v) is 9.68. The van der Waals surface area contributed by atoms with Crippen LogP contribution in [0.1, 0.15) is 49.7 Å². The topological polar surface area (TPSA) is 83.4 Å². The number of hydrogen-bond donors (Lipinski definition) is 1. The molecule has 1 aliphatic heterocycles. The number of piperidine rings is 1. The Labute approximate surface area is 165 Å². The third kappa shape index (κ3) is 4.55. The fourth-order valence-electron chi connectivity index (χ4n) is 3.62. The van der Waals surface area contributed by atoms with Crippen LogP contribution < -0.4 is 0 Å². The van der Waals surface area contributed by atoms with Crippen LogP contribution in [0.5, 0.6) is 0 Å². The second-order valence-electron chi connectivity index (χ2n) is 8.42. The zero-order chi connectivity index (χ0) is 20.3. The summed E-state index contributed by atoms with van der Waals surface area (Å²) in [4.78, 5) is 34.5. The van der Waals surface area contributed by atoms with Gasteiger partial charge in [-0.15, -0.1) is 0 Å². The van der Waals surface area contributed by atoms with Gasteiger partial charge < -0.3 is 10.0 Å². The molecule has 1 aromatic heterocycles. The number of carbonyl (C=O) groups excluding carboxylic acids is 1. The summed E-state index contributed by atoms with van der Waals surface area (Å²) >= 11 is 0. The molecule has 0 atom stereocenters. The average Bonchev–Trinajstić information content (AvgIpc) is 2.68. The van der Waals surface area contributed by atoms with Crippen LogP contribution in [0, 0.1) is 11.3 Å². The molecule has 1 N–H and O–H groups in total. The van der Waals surface area contributed by atoms with E-state index in [9.17, 15) is 9.59 Å². The summed E-state index contributed by atoms with van der Waals surface area (Å²) in [5.41, 5.74) is 2.50. The van der Waals surface area contributed by atoms with Gasteiger partial charge >= 0.3 is 5.97 Å². The molecule has 0 aliphatic carbocycles. The van der Waals surface area contributed by atoms with Crippen LogP contribution in [0.25, 0.3) is 11.3 Å². The molecule has 0 spiro atoms. The lowest BCUT2D eigenvalue weighted by Gasteiger charge is -2.35. The van der Waals surface area contributed by atoms with E-state index in [0.717, 1.165) is 49.3 Å². The molecule has 0 unspecified atom stereocenters. The number of rotatable bonds is 4. The lowest BCUT2D eigenvalue weighted by molar-refractivity contribution is -0.140. The van der Waals surface area contributed by atoms with Crippen LogP contribution in [0.2, 0.25) is 0 Å². The summed E-state index contributed by atoms with van der Waals surface area (Å²) in [6.07, 6.45) is 6.07. The molecular formula is C22H27N3O3. The Bertz CT molecular complexity index is 848. The highest BCUT2D eigenvalue weighted by Gasteiger charge is 2.30. The summed E-state index contributed by atoms with van der Waals surface area (Å²) in [6, 6.07) is 6.74. The van der Waals surface area contributed by atoms with Gasteiger partial charge in [0.05, 0.1) is 17.0 Å². The van der Waals surface area contributed by atoms with Crippen LogP contribution >= 0.6 is 0 Å². The lowest BCUT2D eigenvalue weighted by atomic mass is 9.88. The van der Waals surface area contributed by atoms with Crippen molar-refractivity contribution in [3.05, 3.63) is 47.9 Å². The quantitative estimate of drug-likeness (QED) is 0.874. The van der Waals surface area contributed by atoms with Crippen molar-refractivity contribution >= 4 is 11.9 Å². The molecule has 1 amide bonds. The van der Waals surface area contributed by atoms with Crippen molar-refractivity contribution < 1.29 is 14.7 Å². The smallest absolute Gasteiger partial charge is 0.335 e. The van der Waals surface area contributed by atoms with Crippen LogP contribution in [0.3, 0.4) is 0 Å². The first-order chi connectivity index (χ1) is 13.3. The minimum atomic E-state index is -0.942. The maximum atomic E-state index is 12.5. The second kappa shape index (κ2) is 8.09. The number of carboxylic acids is 1. The Balaban J connectivity index is 1.69. The number of benzene rings is 1. The van der Waals surface area contributed by atoms with Crippen molar-refractivity contribution in [2.75, 3.05) is 13.1 Å². The molecular weight excluding hydrogens is 354 g/mol. The second-order valence-corrected chi connectivity index (χ2v) is 8.42. The van der Waals surface area contributed by atoms with E-state index >= 15 is 0 Å². The molecule has 0 radical (unpaired) electrons. The van der Waals surface area contributed by atoms with Gasteiger partial charge in [0.2, 0.25) is 5.91 Å². The first kappa shape index (κ1) is 20.0. The number of hydrogen-bond acceptors (Lipinski definition) is 4. The van der Waals surface area contributed by atoms with E-state index in [1.807, 2.05) is 25.7 Å². The van der Waals surface area contributed by atoms with Crippen molar-refractivity contribution in [3.8, 4) is 11.3 Å². The molecule has 6 heteroatoms. The summed E-state index contributed by atoms with van der Waals surface area (Å²) in [6.45, 7) is 7.45. The average molecular weight is 381 g/mol. The Morgan fingerprint density at radius 1 is 1.07 bits per heavy atom. The van der Waals surface area contributed by atoms with Gasteiger partial charge in [0.15, 0.2) is 0 Å². The Morgan fingerprint density at radius 3 is 2.25 bits per heavy atom. The van der Waals surface area contributed by atoms with E-state index in [4.69, 9.17) is 5.11 Å². The summed E-state index contributed by atoms with van der Waals surface area (Å²) in [5, 5.41) is 9.07. The van der Waals surface area contributed by atoms with Gasteiger partial charge in [0, 0.05) is 36.5 Å². The molecule has 6 nitrogen and oxygen atoms in total. The molecule has 1 aromatic carbocycles. The largest absolute Gasteiger partial charge is 0.478 e. The Hall–Kier alpha value is -2.76. The van der Waals surface area contributed by atoms with Crippen molar-refractivity contribution in [1.82, 2.24) is 14.9 Å².